The molecule has 7 nitrogen and oxygen atoms in total. The summed E-state index contributed by atoms with van der Waals surface area (Å²) in [5.41, 5.74) is 16.0. The number of ether oxygens (including phenoxy) is 2. The molecule has 0 amide bonds. The third-order valence-electron chi connectivity index (χ3n) is 2.15. The van der Waals surface area contributed by atoms with Crippen molar-refractivity contribution in [1.82, 2.24) is 0 Å². The van der Waals surface area contributed by atoms with Gasteiger partial charge in [-0.1, -0.05) is 0 Å². The fraction of sp³-hybridized carbons (Fsp3) is 0.333. The van der Waals surface area contributed by atoms with Gasteiger partial charge in [0, 0.05) is 26.2 Å². The first kappa shape index (κ1) is 15.7. The Hall–Kier alpha value is -2.35. The van der Waals surface area contributed by atoms with Gasteiger partial charge in [-0.2, -0.15) is 4.99 Å². The molecule has 0 aliphatic heterocycles. The standard InChI is InChI=1S/C12H18FN5O2/c1-19-5-2-6-20-10-4-3-8(7-9(10)13)17-12(16)18-11(14)15/h3-4,7H,2,5-6H2,1H3,(H6,14,15,16,17,18). The highest BCUT2D eigenvalue weighted by Crippen LogP contribution is 2.23. The molecule has 0 aromatic heterocycles. The van der Waals surface area contributed by atoms with Gasteiger partial charge >= 0.3 is 0 Å². The largest absolute Gasteiger partial charge is 0.490 e. The number of nitrogens with zero attached hydrogens (tertiary/aromatic N) is 2. The monoisotopic (exact) mass is 283 g/mol. The van der Waals surface area contributed by atoms with E-state index in [1.165, 1.54) is 12.1 Å². The van der Waals surface area contributed by atoms with Gasteiger partial charge in [0.25, 0.3) is 0 Å². The van der Waals surface area contributed by atoms with E-state index in [2.05, 4.69) is 9.98 Å². The van der Waals surface area contributed by atoms with E-state index in [-0.39, 0.29) is 23.4 Å². The van der Waals surface area contributed by atoms with E-state index in [9.17, 15) is 4.39 Å². The molecule has 1 aromatic carbocycles. The van der Waals surface area contributed by atoms with Crippen molar-refractivity contribution in [3.05, 3.63) is 24.0 Å². The van der Waals surface area contributed by atoms with Crippen LogP contribution in [0.1, 0.15) is 6.42 Å². The molecule has 0 bridgehead atoms. The lowest BCUT2D eigenvalue weighted by atomic mass is 10.3. The smallest absolute Gasteiger partial charge is 0.223 e. The van der Waals surface area contributed by atoms with Gasteiger partial charge in [-0.15, -0.1) is 0 Å². The molecule has 1 rings (SSSR count). The second kappa shape index (κ2) is 7.95. The summed E-state index contributed by atoms with van der Waals surface area (Å²) in [6.07, 6.45) is 0.674. The Kier molecular flexibility index (Phi) is 6.24. The number of guanidine groups is 2. The number of benzene rings is 1. The number of rotatable bonds is 6. The number of nitrogens with two attached hydrogens (primary N) is 3. The van der Waals surface area contributed by atoms with E-state index in [4.69, 9.17) is 26.7 Å². The summed E-state index contributed by atoms with van der Waals surface area (Å²) in [5.74, 6) is -0.774. The van der Waals surface area contributed by atoms with Crippen molar-refractivity contribution in [3.63, 3.8) is 0 Å². The van der Waals surface area contributed by atoms with Crippen molar-refractivity contribution in [2.75, 3.05) is 20.3 Å². The first-order valence-electron chi connectivity index (χ1n) is 5.88. The van der Waals surface area contributed by atoms with Gasteiger partial charge in [0.2, 0.25) is 5.96 Å². The SMILES string of the molecule is COCCCOc1ccc(N=C(N)N=C(N)N)cc1F. The van der Waals surface area contributed by atoms with E-state index in [0.29, 0.717) is 19.6 Å². The predicted octanol–water partition coefficient (Wildman–Crippen LogP) is 0.461. The summed E-state index contributed by atoms with van der Waals surface area (Å²) in [7, 11) is 1.59. The van der Waals surface area contributed by atoms with Crippen LogP contribution < -0.4 is 21.9 Å². The van der Waals surface area contributed by atoms with Crippen LogP contribution in [0.2, 0.25) is 0 Å². The zero-order valence-corrected chi connectivity index (χ0v) is 11.2. The Morgan fingerprint density at radius 1 is 1.25 bits per heavy atom. The summed E-state index contributed by atoms with van der Waals surface area (Å²) >= 11 is 0. The second-order valence-electron chi connectivity index (χ2n) is 3.82. The summed E-state index contributed by atoms with van der Waals surface area (Å²) < 4.78 is 23.8. The molecule has 110 valence electrons. The van der Waals surface area contributed by atoms with Crippen LogP contribution in [0.5, 0.6) is 5.75 Å². The van der Waals surface area contributed by atoms with Gasteiger partial charge in [0.05, 0.1) is 12.3 Å². The first-order valence-corrected chi connectivity index (χ1v) is 5.88. The summed E-state index contributed by atoms with van der Waals surface area (Å²) in [6.45, 7) is 0.919. The number of halogens is 1. The molecule has 0 atom stereocenters. The Labute approximate surface area is 116 Å². The molecule has 0 spiro atoms. The van der Waals surface area contributed by atoms with E-state index in [1.54, 1.807) is 13.2 Å². The van der Waals surface area contributed by atoms with E-state index in [0.717, 1.165) is 0 Å². The van der Waals surface area contributed by atoms with E-state index >= 15 is 0 Å². The van der Waals surface area contributed by atoms with Gasteiger partial charge in [0.1, 0.15) is 0 Å². The molecular weight excluding hydrogens is 265 g/mol. The first-order chi connectivity index (χ1) is 9.52. The van der Waals surface area contributed by atoms with E-state index in [1.807, 2.05) is 0 Å². The van der Waals surface area contributed by atoms with Crippen molar-refractivity contribution in [2.24, 2.45) is 27.2 Å². The fourth-order valence-electron chi connectivity index (χ4n) is 1.35. The fourth-order valence-corrected chi connectivity index (χ4v) is 1.35. The summed E-state index contributed by atoms with van der Waals surface area (Å²) in [6, 6.07) is 4.19. The molecule has 0 heterocycles. The lowest BCUT2D eigenvalue weighted by Gasteiger charge is -2.07. The van der Waals surface area contributed by atoms with Crippen LogP contribution in [0.3, 0.4) is 0 Å². The second-order valence-corrected chi connectivity index (χ2v) is 3.82. The minimum atomic E-state index is -0.541. The van der Waals surface area contributed by atoms with E-state index < -0.39 is 5.82 Å². The maximum Gasteiger partial charge on any atom is 0.223 e. The molecule has 0 fully saturated rings. The Balaban J connectivity index is 2.70. The number of methoxy groups -OCH3 is 1. The minimum Gasteiger partial charge on any atom is -0.490 e. The third kappa shape index (κ3) is 5.53. The molecular formula is C12H18FN5O2. The topological polar surface area (TPSA) is 121 Å². The van der Waals surface area contributed by atoms with Gasteiger partial charge in [-0.25, -0.2) is 9.38 Å². The zero-order valence-electron chi connectivity index (χ0n) is 11.2. The molecule has 0 saturated carbocycles. The molecule has 0 unspecified atom stereocenters. The van der Waals surface area contributed by atoms with Crippen LogP contribution in [0.4, 0.5) is 10.1 Å². The molecule has 0 aliphatic rings. The molecule has 0 radical (unpaired) electrons. The third-order valence-corrected chi connectivity index (χ3v) is 2.15. The summed E-state index contributed by atoms with van der Waals surface area (Å²) in [4.78, 5) is 7.37. The Bertz CT molecular complexity index is 501. The van der Waals surface area contributed by atoms with Gasteiger partial charge in [-0.3, -0.25) is 0 Å². The summed E-state index contributed by atoms with van der Waals surface area (Å²) in [5, 5.41) is 0. The van der Waals surface area contributed by atoms with Crippen molar-refractivity contribution in [1.29, 1.82) is 0 Å². The molecule has 6 N–H and O–H groups in total. The maximum absolute atomic E-state index is 13.7. The highest BCUT2D eigenvalue weighted by atomic mass is 19.1. The van der Waals surface area contributed by atoms with Crippen LogP contribution in [-0.2, 0) is 4.74 Å². The van der Waals surface area contributed by atoms with Crippen molar-refractivity contribution < 1.29 is 13.9 Å². The molecule has 1 aromatic rings. The molecule has 0 aliphatic carbocycles. The van der Waals surface area contributed by atoms with Gasteiger partial charge < -0.3 is 26.7 Å². The normalized spacial score (nSPS) is 11.2. The lowest BCUT2D eigenvalue weighted by molar-refractivity contribution is 0.170. The van der Waals surface area contributed by atoms with Crippen LogP contribution in [-0.4, -0.2) is 32.2 Å². The highest BCUT2D eigenvalue weighted by Gasteiger charge is 2.05. The minimum absolute atomic E-state index is 0.139. The van der Waals surface area contributed by atoms with Crippen molar-refractivity contribution in [2.45, 2.75) is 6.42 Å². The molecule has 8 heteroatoms. The zero-order chi connectivity index (χ0) is 15.0. The maximum atomic E-state index is 13.7. The molecule has 20 heavy (non-hydrogen) atoms. The Morgan fingerprint density at radius 2 is 2.00 bits per heavy atom. The van der Waals surface area contributed by atoms with Crippen LogP contribution in [0.15, 0.2) is 28.2 Å². The van der Waals surface area contributed by atoms with Crippen LogP contribution >= 0.6 is 0 Å². The number of hydrogen-bond acceptors (Lipinski definition) is 3. The molecule has 0 saturated heterocycles. The van der Waals surface area contributed by atoms with Crippen LogP contribution in [0, 0.1) is 5.82 Å². The van der Waals surface area contributed by atoms with Crippen molar-refractivity contribution >= 4 is 17.6 Å². The van der Waals surface area contributed by atoms with Gasteiger partial charge in [0.15, 0.2) is 17.5 Å². The number of aliphatic imine (C=N–C) groups is 2. The average Bonchev–Trinajstić information content (AvgIpc) is 2.35. The predicted molar refractivity (Wildman–Crippen MR) is 75.5 cm³/mol. The number of hydrogen-bond donors (Lipinski definition) is 3. The lowest BCUT2D eigenvalue weighted by Crippen LogP contribution is -2.26. The quantitative estimate of drug-likeness (QED) is 0.398. The highest BCUT2D eigenvalue weighted by molar-refractivity contribution is 5.93. The van der Waals surface area contributed by atoms with Gasteiger partial charge in [-0.05, 0) is 12.1 Å². The van der Waals surface area contributed by atoms with Crippen LogP contribution in [0.25, 0.3) is 0 Å². The Morgan fingerprint density at radius 3 is 2.60 bits per heavy atom. The average molecular weight is 283 g/mol. The van der Waals surface area contributed by atoms with Crippen molar-refractivity contribution in [3.8, 4) is 5.75 Å².